The van der Waals surface area contributed by atoms with Gasteiger partial charge in [0, 0.05) is 35.4 Å². The number of hydrogen-bond acceptors (Lipinski definition) is 5. The number of ether oxygens (including phenoxy) is 1. The van der Waals surface area contributed by atoms with Gasteiger partial charge in [0.2, 0.25) is 0 Å². The molecule has 7 nitrogen and oxygen atoms in total. The SMILES string of the molecule is COc1cccc(C(=O)Nc2cccc(CN(C(=O)c3ccc(C#N)cc3)C3CCCCC3N)c2)c1. The lowest BCUT2D eigenvalue weighted by atomic mass is 9.89. The highest BCUT2D eigenvalue weighted by molar-refractivity contribution is 6.04. The zero-order chi connectivity index (χ0) is 25.5. The molecule has 184 valence electrons. The zero-order valence-corrected chi connectivity index (χ0v) is 20.3. The molecular formula is C29H30N4O3. The van der Waals surface area contributed by atoms with Crippen LogP contribution < -0.4 is 15.8 Å². The number of amides is 2. The molecule has 0 aromatic heterocycles. The van der Waals surface area contributed by atoms with Gasteiger partial charge in [0.15, 0.2) is 0 Å². The van der Waals surface area contributed by atoms with E-state index in [0.29, 0.717) is 34.7 Å². The standard InChI is InChI=1S/C29H30N4O3/c1-36-25-9-5-7-23(17-25)28(34)32-24-8-4-6-21(16-24)19-33(27-11-3-2-10-26(27)31)29(35)22-14-12-20(18-30)13-15-22/h4-9,12-17,26-27H,2-3,10-11,19,31H2,1H3,(H,32,34). The molecule has 0 saturated heterocycles. The number of hydrogen-bond donors (Lipinski definition) is 2. The maximum absolute atomic E-state index is 13.6. The first-order chi connectivity index (χ1) is 17.5. The lowest BCUT2D eigenvalue weighted by Crippen LogP contribution is -2.51. The van der Waals surface area contributed by atoms with Crippen molar-refractivity contribution in [3.8, 4) is 11.8 Å². The van der Waals surface area contributed by atoms with Gasteiger partial charge in [-0.3, -0.25) is 9.59 Å². The molecule has 1 aliphatic carbocycles. The molecule has 3 aromatic rings. The number of anilines is 1. The monoisotopic (exact) mass is 482 g/mol. The van der Waals surface area contributed by atoms with Gasteiger partial charge in [-0.05, 0) is 73.0 Å². The van der Waals surface area contributed by atoms with Crippen molar-refractivity contribution in [3.63, 3.8) is 0 Å². The maximum atomic E-state index is 13.6. The summed E-state index contributed by atoms with van der Waals surface area (Å²) in [6.45, 7) is 0.361. The minimum absolute atomic E-state index is 0.0862. The number of carbonyl (C=O) groups is 2. The molecule has 1 fully saturated rings. The van der Waals surface area contributed by atoms with Crippen molar-refractivity contribution in [3.05, 3.63) is 95.1 Å². The van der Waals surface area contributed by atoms with Crippen LogP contribution in [-0.4, -0.2) is 35.9 Å². The van der Waals surface area contributed by atoms with E-state index in [1.165, 1.54) is 0 Å². The van der Waals surface area contributed by atoms with E-state index in [0.717, 1.165) is 31.2 Å². The Morgan fingerprint density at radius 2 is 1.78 bits per heavy atom. The minimum Gasteiger partial charge on any atom is -0.497 e. The van der Waals surface area contributed by atoms with Gasteiger partial charge in [0.25, 0.3) is 11.8 Å². The van der Waals surface area contributed by atoms with Gasteiger partial charge < -0.3 is 20.7 Å². The van der Waals surface area contributed by atoms with E-state index < -0.39 is 0 Å². The van der Waals surface area contributed by atoms with Crippen molar-refractivity contribution < 1.29 is 14.3 Å². The van der Waals surface area contributed by atoms with Gasteiger partial charge in [-0.15, -0.1) is 0 Å². The van der Waals surface area contributed by atoms with Crippen molar-refractivity contribution in [2.75, 3.05) is 12.4 Å². The van der Waals surface area contributed by atoms with E-state index in [9.17, 15) is 9.59 Å². The topological polar surface area (TPSA) is 108 Å². The number of methoxy groups -OCH3 is 1. The molecule has 3 N–H and O–H groups in total. The molecule has 4 rings (SSSR count). The smallest absolute Gasteiger partial charge is 0.255 e. The van der Waals surface area contributed by atoms with E-state index in [4.69, 9.17) is 15.7 Å². The molecule has 0 radical (unpaired) electrons. The van der Waals surface area contributed by atoms with Crippen LogP contribution >= 0.6 is 0 Å². The average Bonchev–Trinajstić information content (AvgIpc) is 2.92. The van der Waals surface area contributed by atoms with Crippen LogP contribution in [0, 0.1) is 11.3 Å². The summed E-state index contributed by atoms with van der Waals surface area (Å²) in [5, 5.41) is 12.0. The largest absolute Gasteiger partial charge is 0.497 e. The van der Waals surface area contributed by atoms with Crippen LogP contribution in [0.1, 0.15) is 57.5 Å². The second kappa shape index (κ2) is 11.5. The molecule has 7 heteroatoms. The Hall–Kier alpha value is -4.15. The van der Waals surface area contributed by atoms with Gasteiger partial charge in [0.1, 0.15) is 5.75 Å². The van der Waals surface area contributed by atoms with Crippen molar-refractivity contribution in [2.24, 2.45) is 5.73 Å². The number of carbonyl (C=O) groups excluding carboxylic acids is 2. The lowest BCUT2D eigenvalue weighted by molar-refractivity contribution is 0.0583. The first-order valence-corrected chi connectivity index (χ1v) is 12.1. The molecule has 0 bridgehead atoms. The van der Waals surface area contributed by atoms with E-state index in [-0.39, 0.29) is 23.9 Å². The summed E-state index contributed by atoms with van der Waals surface area (Å²) >= 11 is 0. The minimum atomic E-state index is -0.245. The maximum Gasteiger partial charge on any atom is 0.255 e. The Labute approximate surface area is 211 Å². The highest BCUT2D eigenvalue weighted by Gasteiger charge is 2.31. The number of nitrogens with one attached hydrogen (secondary N) is 1. The van der Waals surface area contributed by atoms with E-state index in [1.807, 2.05) is 29.2 Å². The molecule has 2 amide bonds. The highest BCUT2D eigenvalue weighted by atomic mass is 16.5. The molecule has 1 saturated carbocycles. The zero-order valence-electron chi connectivity index (χ0n) is 20.3. The van der Waals surface area contributed by atoms with Crippen molar-refractivity contribution >= 4 is 17.5 Å². The van der Waals surface area contributed by atoms with E-state index in [1.54, 1.807) is 55.6 Å². The number of nitriles is 1. The second-order valence-corrected chi connectivity index (χ2v) is 9.02. The summed E-state index contributed by atoms with van der Waals surface area (Å²) in [6.07, 6.45) is 3.79. The molecule has 36 heavy (non-hydrogen) atoms. The number of nitrogens with two attached hydrogens (primary N) is 1. The lowest BCUT2D eigenvalue weighted by Gasteiger charge is -2.38. The summed E-state index contributed by atoms with van der Waals surface area (Å²) in [5.41, 5.74) is 9.52. The average molecular weight is 483 g/mol. The van der Waals surface area contributed by atoms with Gasteiger partial charge >= 0.3 is 0 Å². The molecule has 1 aliphatic rings. The molecule has 0 spiro atoms. The fraction of sp³-hybridized carbons (Fsp3) is 0.276. The fourth-order valence-corrected chi connectivity index (χ4v) is 4.63. The summed E-state index contributed by atoms with van der Waals surface area (Å²) < 4.78 is 5.21. The van der Waals surface area contributed by atoms with Crippen molar-refractivity contribution in [2.45, 2.75) is 44.3 Å². The Morgan fingerprint density at radius 3 is 2.50 bits per heavy atom. The predicted octanol–water partition coefficient (Wildman–Crippen LogP) is 4.73. The van der Waals surface area contributed by atoms with Gasteiger partial charge in [-0.2, -0.15) is 5.26 Å². The van der Waals surface area contributed by atoms with Crippen LogP contribution in [0.25, 0.3) is 0 Å². The van der Waals surface area contributed by atoms with Crippen LogP contribution in [0.5, 0.6) is 5.75 Å². The number of nitrogens with zero attached hydrogens (tertiary/aromatic N) is 2. The van der Waals surface area contributed by atoms with Gasteiger partial charge in [-0.25, -0.2) is 0 Å². The van der Waals surface area contributed by atoms with Crippen molar-refractivity contribution in [1.29, 1.82) is 5.26 Å². The van der Waals surface area contributed by atoms with E-state index >= 15 is 0 Å². The third-order valence-electron chi connectivity index (χ3n) is 6.57. The van der Waals surface area contributed by atoms with Gasteiger partial charge in [0.05, 0.1) is 18.7 Å². The molecule has 2 unspecified atom stereocenters. The number of benzene rings is 3. The Bertz CT molecular complexity index is 1270. The summed E-state index contributed by atoms with van der Waals surface area (Å²) in [7, 11) is 1.56. The Morgan fingerprint density at radius 1 is 1.03 bits per heavy atom. The van der Waals surface area contributed by atoms with E-state index in [2.05, 4.69) is 11.4 Å². The summed E-state index contributed by atoms with van der Waals surface area (Å²) in [6, 6.07) is 23.0. The van der Waals surface area contributed by atoms with Crippen LogP contribution in [0.3, 0.4) is 0 Å². The molecular weight excluding hydrogens is 452 g/mol. The first-order valence-electron chi connectivity index (χ1n) is 12.1. The van der Waals surface area contributed by atoms with Gasteiger partial charge in [-0.1, -0.05) is 31.0 Å². The second-order valence-electron chi connectivity index (χ2n) is 9.02. The Kier molecular flexibility index (Phi) is 7.99. The molecule has 3 aromatic carbocycles. The molecule has 0 aliphatic heterocycles. The van der Waals surface area contributed by atoms with Crippen LogP contribution in [0.2, 0.25) is 0 Å². The third kappa shape index (κ3) is 5.91. The highest BCUT2D eigenvalue weighted by Crippen LogP contribution is 2.26. The fourth-order valence-electron chi connectivity index (χ4n) is 4.63. The van der Waals surface area contributed by atoms with Crippen LogP contribution in [0.15, 0.2) is 72.8 Å². The van der Waals surface area contributed by atoms with Crippen LogP contribution in [-0.2, 0) is 6.54 Å². The van der Waals surface area contributed by atoms with Crippen LogP contribution in [0.4, 0.5) is 5.69 Å². The summed E-state index contributed by atoms with van der Waals surface area (Å²) in [4.78, 5) is 28.2. The summed E-state index contributed by atoms with van der Waals surface area (Å²) in [5.74, 6) is 0.246. The predicted molar refractivity (Wildman–Crippen MR) is 139 cm³/mol. The molecule has 2 atom stereocenters. The molecule has 0 heterocycles. The van der Waals surface area contributed by atoms with Crippen molar-refractivity contribution in [1.82, 2.24) is 4.90 Å². The normalized spacial score (nSPS) is 17.0. The Balaban J connectivity index is 1.56. The number of rotatable bonds is 7. The first kappa shape index (κ1) is 25.0. The third-order valence-corrected chi connectivity index (χ3v) is 6.57. The quantitative estimate of drug-likeness (QED) is 0.506.